The van der Waals surface area contributed by atoms with Gasteiger partial charge in [0, 0.05) is 17.8 Å². The van der Waals surface area contributed by atoms with Crippen molar-refractivity contribution in [1.29, 1.82) is 0 Å². The second-order valence-corrected chi connectivity index (χ2v) is 13.6. The van der Waals surface area contributed by atoms with E-state index < -0.39 is 25.0 Å². The summed E-state index contributed by atoms with van der Waals surface area (Å²) in [5.41, 5.74) is 0.858. The molecule has 0 unspecified atom stereocenters. The van der Waals surface area contributed by atoms with Crippen molar-refractivity contribution in [2.45, 2.75) is 9.79 Å². The van der Waals surface area contributed by atoms with Crippen molar-refractivity contribution in [3.63, 3.8) is 0 Å². The van der Waals surface area contributed by atoms with Crippen molar-refractivity contribution in [1.82, 2.24) is 13.5 Å². The van der Waals surface area contributed by atoms with Gasteiger partial charge in [0.05, 0.1) is 65.5 Å². The van der Waals surface area contributed by atoms with Gasteiger partial charge >= 0.3 is 0 Å². The van der Waals surface area contributed by atoms with Crippen molar-refractivity contribution < 1.29 is 35.8 Å². The Kier molecular flexibility index (Phi) is 7.88. The normalized spacial score (nSPS) is 11.8. The van der Waals surface area contributed by atoms with Crippen LogP contribution in [0, 0.1) is 0 Å². The lowest BCUT2D eigenvalue weighted by atomic mass is 10.0. The Morgan fingerprint density at radius 1 is 0.717 bits per heavy atom. The van der Waals surface area contributed by atoms with Crippen LogP contribution in [0.3, 0.4) is 0 Å². The summed E-state index contributed by atoms with van der Waals surface area (Å²) in [5.74, 6) is 0.213. The average Bonchev–Trinajstić information content (AvgIpc) is 3.73. The number of imidazole rings is 1. The van der Waals surface area contributed by atoms with E-state index in [1.165, 1.54) is 80.3 Å². The van der Waals surface area contributed by atoms with Crippen LogP contribution in [0.1, 0.15) is 10.4 Å². The van der Waals surface area contributed by atoms with Crippen LogP contribution in [0.25, 0.3) is 27.8 Å². The first-order valence-electron chi connectivity index (χ1n) is 13.8. The number of carbonyl (C=O) groups excluding carboxylic acids is 1. The first kappa shape index (κ1) is 30.6. The highest BCUT2D eigenvalue weighted by Crippen LogP contribution is 2.47. The Balaban J connectivity index is 1.56. The average molecular weight is 658 g/mol. The largest absolute Gasteiger partial charge is 0.493 e. The van der Waals surface area contributed by atoms with Crippen LogP contribution in [0.5, 0.6) is 17.2 Å². The number of sulfone groups is 1. The molecule has 11 nitrogen and oxygen atoms in total. The maximum absolute atomic E-state index is 13.9. The molecule has 0 aliphatic rings. The van der Waals surface area contributed by atoms with Crippen molar-refractivity contribution in [3.05, 3.63) is 115 Å². The fraction of sp³-hybridized carbons (Fsp3) is 0.0909. The maximum atomic E-state index is 13.9. The molecule has 46 heavy (non-hydrogen) atoms. The number of benzene rings is 4. The summed E-state index contributed by atoms with van der Waals surface area (Å²) >= 11 is 0. The summed E-state index contributed by atoms with van der Waals surface area (Å²) in [4.78, 5) is 18.3. The third-order valence-corrected chi connectivity index (χ3v) is 10.7. The molecule has 0 radical (unpaired) electrons. The minimum atomic E-state index is -4.50. The minimum absolute atomic E-state index is 0.0211. The van der Waals surface area contributed by atoms with E-state index >= 15 is 0 Å². The molecule has 0 spiro atoms. The van der Waals surface area contributed by atoms with E-state index in [0.717, 1.165) is 0 Å². The summed E-state index contributed by atoms with van der Waals surface area (Å²) in [5, 5.41) is -0.596. The van der Waals surface area contributed by atoms with Gasteiger partial charge in [-0.25, -0.2) is 25.8 Å². The molecule has 0 aliphatic carbocycles. The number of hydrogen-bond donors (Lipinski definition) is 0. The van der Waals surface area contributed by atoms with E-state index in [0.29, 0.717) is 16.6 Å². The molecule has 0 saturated carbocycles. The second-order valence-electron chi connectivity index (χ2n) is 9.98. The lowest BCUT2D eigenvalue weighted by molar-refractivity contribution is 0.107. The third-order valence-electron chi connectivity index (χ3n) is 7.42. The van der Waals surface area contributed by atoms with Gasteiger partial charge in [-0.3, -0.25) is 4.79 Å². The van der Waals surface area contributed by atoms with Crippen LogP contribution in [0.15, 0.2) is 120 Å². The number of hydrogen-bond acceptors (Lipinski definition) is 9. The van der Waals surface area contributed by atoms with Gasteiger partial charge < -0.3 is 18.8 Å². The Hall–Kier alpha value is -5.40. The Labute approximate surface area is 265 Å². The molecule has 0 fully saturated rings. The van der Waals surface area contributed by atoms with Gasteiger partial charge in [0.25, 0.3) is 15.1 Å². The smallest absolute Gasteiger partial charge is 0.282 e. The van der Waals surface area contributed by atoms with Crippen molar-refractivity contribution in [2.24, 2.45) is 0 Å². The van der Waals surface area contributed by atoms with Crippen molar-refractivity contribution in [2.75, 3.05) is 21.3 Å². The van der Waals surface area contributed by atoms with Crippen LogP contribution in [-0.2, 0) is 19.9 Å². The zero-order chi connectivity index (χ0) is 32.6. The predicted octanol–water partition coefficient (Wildman–Crippen LogP) is 5.37. The summed E-state index contributed by atoms with van der Waals surface area (Å²) in [7, 11) is -4.39. The maximum Gasteiger partial charge on any atom is 0.282 e. The highest BCUT2D eigenvalue weighted by Gasteiger charge is 2.34. The molecule has 4 aromatic carbocycles. The molecule has 0 aliphatic heterocycles. The van der Waals surface area contributed by atoms with Gasteiger partial charge in [-0.1, -0.05) is 54.6 Å². The van der Waals surface area contributed by atoms with Gasteiger partial charge in [-0.2, -0.15) is 0 Å². The van der Waals surface area contributed by atoms with E-state index in [4.69, 9.17) is 14.2 Å². The highest BCUT2D eigenvalue weighted by atomic mass is 32.2. The lowest BCUT2D eigenvalue weighted by Crippen LogP contribution is -2.17. The van der Waals surface area contributed by atoms with Gasteiger partial charge in [0.2, 0.25) is 15.6 Å². The molecule has 6 aromatic rings. The first-order valence-corrected chi connectivity index (χ1v) is 16.7. The fourth-order valence-electron chi connectivity index (χ4n) is 5.25. The van der Waals surface area contributed by atoms with Crippen LogP contribution >= 0.6 is 0 Å². The van der Waals surface area contributed by atoms with Gasteiger partial charge in [0.1, 0.15) is 0 Å². The summed E-state index contributed by atoms with van der Waals surface area (Å²) in [6.45, 7) is 0. The molecule has 2 aromatic heterocycles. The van der Waals surface area contributed by atoms with Crippen molar-refractivity contribution in [3.8, 4) is 34.2 Å². The molecule has 0 N–H and O–H groups in total. The number of methoxy groups -OCH3 is 3. The fourth-order valence-corrected chi connectivity index (χ4v) is 7.81. The van der Waals surface area contributed by atoms with Crippen LogP contribution in [-0.4, -0.2) is 56.8 Å². The minimum Gasteiger partial charge on any atom is -0.493 e. The monoisotopic (exact) mass is 657 g/mol. The van der Waals surface area contributed by atoms with Crippen LogP contribution in [0.2, 0.25) is 0 Å². The molecule has 0 bridgehead atoms. The van der Waals surface area contributed by atoms with E-state index in [-0.39, 0.29) is 43.9 Å². The molecule has 13 heteroatoms. The zero-order valence-corrected chi connectivity index (χ0v) is 26.4. The van der Waals surface area contributed by atoms with Gasteiger partial charge in [-0.15, -0.1) is 0 Å². The Morgan fingerprint density at radius 3 is 1.96 bits per heavy atom. The lowest BCUT2D eigenvalue weighted by Gasteiger charge is -2.18. The van der Waals surface area contributed by atoms with Crippen LogP contribution in [0.4, 0.5) is 0 Å². The standard InChI is InChI=1S/C33H27N3O8S2/c1-42-29-18-25(33(37)45(38,39)22-12-6-4-7-13-22)30(32(44-3)31(29)43-2)26-19-35(21-34-26)28-20-36(27-17-11-10-16-24(27)28)46(40,41)23-14-8-5-9-15-23/h4-21H,1-3H3. The van der Waals surface area contributed by atoms with E-state index in [2.05, 4.69) is 4.98 Å². The molecule has 0 amide bonds. The van der Waals surface area contributed by atoms with E-state index in [1.807, 2.05) is 0 Å². The molecule has 2 heterocycles. The summed E-state index contributed by atoms with van der Waals surface area (Å²) in [6.07, 6.45) is 4.47. The number of ether oxygens (including phenoxy) is 3. The molecule has 234 valence electrons. The number of nitrogens with zero attached hydrogens (tertiary/aromatic N) is 3. The predicted molar refractivity (Wildman–Crippen MR) is 171 cm³/mol. The molecule has 0 atom stereocenters. The number of para-hydroxylation sites is 1. The molecule has 0 saturated heterocycles. The number of carbonyl (C=O) groups is 1. The molecule has 6 rings (SSSR count). The second kappa shape index (κ2) is 11.8. The first-order chi connectivity index (χ1) is 22.1. The summed E-state index contributed by atoms with van der Waals surface area (Å²) in [6, 6.07) is 23.7. The Morgan fingerprint density at radius 2 is 1.33 bits per heavy atom. The number of aromatic nitrogens is 3. The number of fused-ring (bicyclic) bond motifs is 1. The molecular weight excluding hydrogens is 631 g/mol. The number of rotatable bonds is 9. The Bertz CT molecular complexity index is 2310. The van der Waals surface area contributed by atoms with Crippen LogP contribution < -0.4 is 14.2 Å². The third kappa shape index (κ3) is 4.99. The topological polar surface area (TPSA) is 136 Å². The highest BCUT2D eigenvalue weighted by molar-refractivity contribution is 8.06. The summed E-state index contributed by atoms with van der Waals surface area (Å²) < 4.78 is 73.8. The van der Waals surface area contributed by atoms with Crippen molar-refractivity contribution >= 4 is 35.9 Å². The van der Waals surface area contributed by atoms with Gasteiger partial charge in [-0.05, 0) is 36.4 Å². The SMILES string of the molecule is COc1cc(C(=O)S(=O)(=O)c2ccccc2)c(-c2cn(-c3cn(S(=O)(=O)c4ccccc4)c4ccccc34)cn2)c(OC)c1OC. The van der Waals surface area contributed by atoms with E-state index in [9.17, 15) is 21.6 Å². The zero-order valence-electron chi connectivity index (χ0n) is 24.8. The van der Waals surface area contributed by atoms with Gasteiger partial charge in [0.15, 0.2) is 11.5 Å². The quantitative estimate of drug-likeness (QED) is 0.201. The molecular formula is C33H27N3O8S2. The van der Waals surface area contributed by atoms with E-state index in [1.54, 1.807) is 59.3 Å².